The minimum absolute atomic E-state index is 0.0421. The van der Waals surface area contributed by atoms with E-state index in [0.29, 0.717) is 12.1 Å². The molecule has 20 heavy (non-hydrogen) atoms. The Morgan fingerprint density at radius 1 is 1.05 bits per heavy atom. The van der Waals surface area contributed by atoms with Gasteiger partial charge in [0, 0.05) is 6.42 Å². The summed E-state index contributed by atoms with van der Waals surface area (Å²) in [5.74, 6) is -1.64. The Hall–Kier alpha value is -1.73. The number of rotatable bonds is 3. The standard InChI is InChI=1S/C12H11F6NO/c1-6(2-10(19)20)7-3-8(11(13,14)15)5-9(4-7)12(16,17)18/h3-6H,2H2,1H3,(H2,19,20)/t6-/m0/s1. The Morgan fingerprint density at radius 3 is 1.75 bits per heavy atom. The second-order valence-electron chi connectivity index (χ2n) is 4.41. The van der Waals surface area contributed by atoms with Crippen LogP contribution in [-0.4, -0.2) is 5.91 Å². The summed E-state index contributed by atoms with van der Waals surface area (Å²) in [5, 5.41) is 0. The van der Waals surface area contributed by atoms with Crippen LogP contribution in [0.25, 0.3) is 0 Å². The maximum atomic E-state index is 12.6. The molecule has 1 aromatic carbocycles. The van der Waals surface area contributed by atoms with Crippen LogP contribution in [0.15, 0.2) is 18.2 Å². The van der Waals surface area contributed by atoms with Gasteiger partial charge in [0.25, 0.3) is 0 Å². The van der Waals surface area contributed by atoms with Crippen molar-refractivity contribution in [2.75, 3.05) is 0 Å². The first-order chi connectivity index (χ1) is 8.91. The lowest BCUT2D eigenvalue weighted by Crippen LogP contribution is -2.16. The molecule has 0 radical (unpaired) electrons. The predicted molar refractivity (Wildman–Crippen MR) is 58.7 cm³/mol. The van der Waals surface area contributed by atoms with E-state index in [4.69, 9.17) is 5.73 Å². The van der Waals surface area contributed by atoms with Crippen LogP contribution in [0.5, 0.6) is 0 Å². The molecule has 1 rings (SSSR count). The van der Waals surface area contributed by atoms with Crippen molar-refractivity contribution < 1.29 is 31.1 Å². The fourth-order valence-corrected chi connectivity index (χ4v) is 1.68. The second-order valence-corrected chi connectivity index (χ2v) is 4.41. The van der Waals surface area contributed by atoms with Gasteiger partial charge in [0.05, 0.1) is 11.1 Å². The summed E-state index contributed by atoms with van der Waals surface area (Å²) in [5.41, 5.74) is 1.86. The average molecular weight is 299 g/mol. The highest BCUT2D eigenvalue weighted by atomic mass is 19.4. The average Bonchev–Trinajstić information content (AvgIpc) is 2.25. The van der Waals surface area contributed by atoms with Gasteiger partial charge in [0.15, 0.2) is 0 Å². The summed E-state index contributed by atoms with van der Waals surface area (Å²) >= 11 is 0. The lowest BCUT2D eigenvalue weighted by molar-refractivity contribution is -0.143. The SMILES string of the molecule is C[C@@H](CC(N)=O)c1cc(C(F)(F)F)cc(C(F)(F)F)c1. The summed E-state index contributed by atoms with van der Waals surface area (Å²) in [6, 6.07) is 1.24. The summed E-state index contributed by atoms with van der Waals surface area (Å²) in [7, 11) is 0. The zero-order chi connectivity index (χ0) is 15.7. The fraction of sp³-hybridized carbons (Fsp3) is 0.417. The quantitative estimate of drug-likeness (QED) is 0.850. The number of primary amides is 1. The van der Waals surface area contributed by atoms with Gasteiger partial charge in [-0.2, -0.15) is 26.3 Å². The van der Waals surface area contributed by atoms with Crippen LogP contribution in [0.2, 0.25) is 0 Å². The van der Waals surface area contributed by atoms with Gasteiger partial charge in [0.2, 0.25) is 5.91 Å². The van der Waals surface area contributed by atoms with Crippen molar-refractivity contribution in [1.29, 1.82) is 0 Å². The van der Waals surface area contributed by atoms with Crippen LogP contribution >= 0.6 is 0 Å². The molecule has 0 spiro atoms. The number of benzene rings is 1. The van der Waals surface area contributed by atoms with Gasteiger partial charge in [-0.15, -0.1) is 0 Å². The summed E-state index contributed by atoms with van der Waals surface area (Å²) in [4.78, 5) is 10.7. The van der Waals surface area contributed by atoms with Crippen molar-refractivity contribution in [3.63, 3.8) is 0 Å². The lowest BCUT2D eigenvalue weighted by atomic mass is 9.93. The Balaban J connectivity index is 3.34. The van der Waals surface area contributed by atoms with Gasteiger partial charge in [0.1, 0.15) is 0 Å². The van der Waals surface area contributed by atoms with Crippen molar-refractivity contribution in [1.82, 2.24) is 0 Å². The molecule has 112 valence electrons. The molecule has 1 amide bonds. The number of carbonyl (C=O) groups is 1. The van der Waals surface area contributed by atoms with Crippen molar-refractivity contribution in [3.05, 3.63) is 34.9 Å². The number of halogens is 6. The van der Waals surface area contributed by atoms with E-state index in [9.17, 15) is 31.1 Å². The minimum atomic E-state index is -4.90. The molecule has 0 aliphatic carbocycles. The third-order valence-electron chi connectivity index (χ3n) is 2.69. The maximum Gasteiger partial charge on any atom is 0.416 e. The number of alkyl halides is 6. The lowest BCUT2D eigenvalue weighted by Gasteiger charge is -2.17. The fourth-order valence-electron chi connectivity index (χ4n) is 1.68. The Morgan fingerprint density at radius 2 is 1.45 bits per heavy atom. The van der Waals surface area contributed by atoms with E-state index in [-0.39, 0.29) is 18.1 Å². The van der Waals surface area contributed by atoms with Gasteiger partial charge >= 0.3 is 12.4 Å². The normalized spacial score (nSPS) is 14.2. The van der Waals surface area contributed by atoms with Gasteiger partial charge in [-0.05, 0) is 29.7 Å². The molecule has 0 saturated carbocycles. The molecule has 0 unspecified atom stereocenters. The number of hydrogen-bond acceptors (Lipinski definition) is 1. The van der Waals surface area contributed by atoms with Crippen LogP contribution in [0.1, 0.15) is 36.0 Å². The molecule has 0 aromatic heterocycles. The first-order valence-corrected chi connectivity index (χ1v) is 5.49. The highest BCUT2D eigenvalue weighted by molar-refractivity contribution is 5.74. The van der Waals surface area contributed by atoms with E-state index in [1.165, 1.54) is 6.92 Å². The minimum Gasteiger partial charge on any atom is -0.370 e. The van der Waals surface area contributed by atoms with Crippen molar-refractivity contribution >= 4 is 5.91 Å². The van der Waals surface area contributed by atoms with Crippen LogP contribution in [0.3, 0.4) is 0 Å². The van der Waals surface area contributed by atoms with Gasteiger partial charge in [-0.1, -0.05) is 6.92 Å². The predicted octanol–water partition coefficient (Wildman–Crippen LogP) is 3.70. The molecule has 0 saturated heterocycles. The smallest absolute Gasteiger partial charge is 0.370 e. The molecule has 2 N–H and O–H groups in total. The van der Waals surface area contributed by atoms with E-state index >= 15 is 0 Å². The van der Waals surface area contributed by atoms with Crippen LogP contribution in [0, 0.1) is 0 Å². The number of hydrogen-bond donors (Lipinski definition) is 1. The summed E-state index contributed by atoms with van der Waals surface area (Å²) in [6.45, 7) is 1.33. The summed E-state index contributed by atoms with van der Waals surface area (Å²) in [6.07, 6.45) is -10.1. The van der Waals surface area contributed by atoms with Gasteiger partial charge < -0.3 is 5.73 Å². The molecule has 0 aliphatic rings. The monoisotopic (exact) mass is 299 g/mol. The maximum absolute atomic E-state index is 12.6. The van der Waals surface area contributed by atoms with Crippen LogP contribution < -0.4 is 5.73 Å². The van der Waals surface area contributed by atoms with Crippen molar-refractivity contribution in [2.45, 2.75) is 31.6 Å². The highest BCUT2D eigenvalue weighted by Crippen LogP contribution is 2.38. The van der Waals surface area contributed by atoms with E-state index in [1.54, 1.807) is 0 Å². The first-order valence-electron chi connectivity index (χ1n) is 5.49. The molecule has 1 atom stereocenters. The zero-order valence-corrected chi connectivity index (χ0v) is 10.3. The Kier molecular flexibility index (Phi) is 4.36. The zero-order valence-electron chi connectivity index (χ0n) is 10.3. The molecular formula is C12H11F6NO. The molecule has 0 bridgehead atoms. The van der Waals surface area contributed by atoms with Crippen molar-refractivity contribution in [2.24, 2.45) is 5.73 Å². The van der Waals surface area contributed by atoms with E-state index < -0.39 is 35.3 Å². The molecule has 1 aromatic rings. The molecule has 0 fully saturated rings. The first kappa shape index (κ1) is 16.3. The number of carbonyl (C=O) groups excluding carboxylic acids is 1. The molecule has 0 aliphatic heterocycles. The van der Waals surface area contributed by atoms with E-state index in [0.717, 1.165) is 0 Å². The van der Waals surface area contributed by atoms with E-state index in [1.807, 2.05) is 0 Å². The van der Waals surface area contributed by atoms with Crippen LogP contribution in [-0.2, 0) is 17.1 Å². The third kappa shape index (κ3) is 4.14. The Labute approximate surface area is 110 Å². The largest absolute Gasteiger partial charge is 0.416 e. The van der Waals surface area contributed by atoms with Gasteiger partial charge in [-0.25, -0.2) is 0 Å². The topological polar surface area (TPSA) is 43.1 Å². The molecule has 8 heteroatoms. The van der Waals surface area contributed by atoms with E-state index in [2.05, 4.69) is 0 Å². The van der Waals surface area contributed by atoms with Crippen molar-refractivity contribution in [3.8, 4) is 0 Å². The second kappa shape index (κ2) is 5.34. The number of nitrogens with two attached hydrogens (primary N) is 1. The third-order valence-corrected chi connectivity index (χ3v) is 2.69. The molecule has 2 nitrogen and oxygen atoms in total. The van der Waals surface area contributed by atoms with Gasteiger partial charge in [-0.3, -0.25) is 4.79 Å². The highest BCUT2D eigenvalue weighted by Gasteiger charge is 2.37. The molecular weight excluding hydrogens is 288 g/mol. The molecule has 0 heterocycles. The number of amides is 1. The Bertz CT molecular complexity index is 473. The van der Waals surface area contributed by atoms with Crippen LogP contribution in [0.4, 0.5) is 26.3 Å². The summed E-state index contributed by atoms with van der Waals surface area (Å²) < 4.78 is 75.6.